The number of anilines is 1. The molecule has 2 amide bonds. The second-order valence-corrected chi connectivity index (χ2v) is 8.41. The van der Waals surface area contributed by atoms with Crippen molar-refractivity contribution in [3.05, 3.63) is 52.3 Å². The number of allylic oxidation sites excluding steroid dienone is 2. The van der Waals surface area contributed by atoms with Gasteiger partial charge in [-0.3, -0.25) is 14.4 Å². The Labute approximate surface area is 171 Å². The summed E-state index contributed by atoms with van der Waals surface area (Å²) in [6.45, 7) is 0.262. The van der Waals surface area contributed by atoms with Crippen LogP contribution in [0.5, 0.6) is 0 Å². The summed E-state index contributed by atoms with van der Waals surface area (Å²) in [6.07, 6.45) is 8.59. The van der Waals surface area contributed by atoms with Gasteiger partial charge < -0.3 is 20.2 Å². The Kier molecular flexibility index (Phi) is 5.53. The zero-order valence-electron chi connectivity index (χ0n) is 15.8. The third-order valence-corrected chi connectivity index (χ3v) is 6.68. The third kappa shape index (κ3) is 3.98. The van der Waals surface area contributed by atoms with E-state index in [0.717, 1.165) is 29.7 Å². The van der Waals surface area contributed by atoms with Crippen molar-refractivity contribution in [2.24, 2.45) is 11.8 Å². The number of carboxylic acid groups (broad SMARTS) is 1. The quantitative estimate of drug-likeness (QED) is 0.628. The molecule has 2 aliphatic carbocycles. The molecule has 0 radical (unpaired) electrons. The maximum absolute atomic E-state index is 12.9. The van der Waals surface area contributed by atoms with Crippen molar-refractivity contribution in [1.29, 1.82) is 0 Å². The molecule has 152 valence electrons. The molecular weight excluding hydrogens is 392 g/mol. The molecule has 2 unspecified atom stereocenters. The van der Waals surface area contributed by atoms with Crippen LogP contribution in [0.15, 0.2) is 35.0 Å². The summed E-state index contributed by atoms with van der Waals surface area (Å²) in [5.41, 5.74) is 1.49. The molecule has 29 heavy (non-hydrogen) atoms. The van der Waals surface area contributed by atoms with E-state index in [1.165, 1.54) is 11.3 Å². The number of rotatable bonds is 6. The van der Waals surface area contributed by atoms with Gasteiger partial charge in [-0.15, -0.1) is 11.3 Å². The van der Waals surface area contributed by atoms with E-state index in [1.807, 2.05) is 6.08 Å². The number of nitrogens with one attached hydrogen (secondary N) is 2. The highest BCUT2D eigenvalue weighted by molar-refractivity contribution is 7.17. The number of carboxylic acids is 1. The second kappa shape index (κ2) is 8.24. The Morgan fingerprint density at radius 3 is 2.69 bits per heavy atom. The molecule has 2 aliphatic rings. The van der Waals surface area contributed by atoms with Gasteiger partial charge in [-0.2, -0.15) is 0 Å². The highest BCUT2D eigenvalue weighted by Crippen LogP contribution is 2.40. The summed E-state index contributed by atoms with van der Waals surface area (Å²) < 4.78 is 5.26. The first-order valence-corrected chi connectivity index (χ1v) is 10.5. The lowest BCUT2D eigenvalue weighted by atomic mass is 9.82. The predicted molar refractivity (Wildman–Crippen MR) is 108 cm³/mol. The molecule has 2 atom stereocenters. The zero-order chi connectivity index (χ0) is 20.4. The fourth-order valence-corrected chi connectivity index (χ4v) is 5.27. The second-order valence-electron chi connectivity index (χ2n) is 7.31. The van der Waals surface area contributed by atoms with Crippen LogP contribution in [0.3, 0.4) is 0 Å². The van der Waals surface area contributed by atoms with Crippen molar-refractivity contribution in [1.82, 2.24) is 5.32 Å². The Morgan fingerprint density at radius 2 is 1.97 bits per heavy atom. The Bertz CT molecular complexity index is 960. The first-order chi connectivity index (χ1) is 14.0. The molecule has 0 spiro atoms. The molecule has 0 bridgehead atoms. The Balaban J connectivity index is 1.54. The van der Waals surface area contributed by atoms with Crippen molar-refractivity contribution in [2.45, 2.75) is 38.6 Å². The minimum atomic E-state index is -0.973. The topological polar surface area (TPSA) is 109 Å². The average Bonchev–Trinajstić information content (AvgIpc) is 3.43. The lowest BCUT2D eigenvalue weighted by Crippen LogP contribution is -2.35. The van der Waals surface area contributed by atoms with Crippen molar-refractivity contribution >= 4 is 34.1 Å². The number of thiophene rings is 1. The number of hydrogen-bond acceptors (Lipinski definition) is 5. The van der Waals surface area contributed by atoms with Crippen LogP contribution in [-0.2, 0) is 29.0 Å². The number of carbonyl (C=O) groups is 3. The smallest absolute Gasteiger partial charge is 0.307 e. The summed E-state index contributed by atoms with van der Waals surface area (Å²) in [4.78, 5) is 38.4. The lowest BCUT2D eigenvalue weighted by Gasteiger charge is -2.24. The lowest BCUT2D eigenvalue weighted by molar-refractivity contribution is -0.146. The molecule has 3 N–H and O–H groups in total. The van der Waals surface area contributed by atoms with Crippen LogP contribution >= 0.6 is 11.3 Å². The van der Waals surface area contributed by atoms with Gasteiger partial charge in [0, 0.05) is 4.88 Å². The van der Waals surface area contributed by atoms with E-state index in [4.69, 9.17) is 4.42 Å². The molecule has 0 saturated carbocycles. The van der Waals surface area contributed by atoms with E-state index in [9.17, 15) is 19.5 Å². The molecular formula is C21H22N2O5S. The number of hydrogen-bond donors (Lipinski definition) is 3. The fraction of sp³-hybridized carbons (Fsp3) is 0.381. The van der Waals surface area contributed by atoms with E-state index in [1.54, 1.807) is 24.5 Å². The van der Waals surface area contributed by atoms with Gasteiger partial charge in [0.15, 0.2) is 0 Å². The maximum atomic E-state index is 12.9. The maximum Gasteiger partial charge on any atom is 0.307 e. The molecule has 0 aliphatic heterocycles. The first-order valence-electron chi connectivity index (χ1n) is 9.68. The predicted octanol–water partition coefficient (Wildman–Crippen LogP) is 3.37. The largest absolute Gasteiger partial charge is 0.481 e. The van der Waals surface area contributed by atoms with Crippen LogP contribution < -0.4 is 10.6 Å². The standard InChI is InChI=1S/C21H22N2O5S/c24-18(13-6-1-2-7-14(13)21(26)27)23-20-17(15-8-3-9-16(15)29-20)19(25)22-11-12-5-4-10-28-12/h1-2,4-5,10,13-14H,3,6-9,11H2,(H,22,25)(H,23,24)(H,26,27). The summed E-state index contributed by atoms with van der Waals surface area (Å²) >= 11 is 1.42. The van der Waals surface area contributed by atoms with E-state index >= 15 is 0 Å². The van der Waals surface area contributed by atoms with Gasteiger partial charge in [-0.25, -0.2) is 0 Å². The number of furan rings is 1. The summed E-state index contributed by atoms with van der Waals surface area (Å²) in [5, 5.41) is 15.7. The van der Waals surface area contributed by atoms with Gasteiger partial charge in [0.05, 0.1) is 30.2 Å². The molecule has 0 aromatic carbocycles. The average molecular weight is 414 g/mol. The molecule has 8 heteroatoms. The highest BCUT2D eigenvalue weighted by atomic mass is 32.1. The van der Waals surface area contributed by atoms with Gasteiger partial charge >= 0.3 is 5.97 Å². The van der Waals surface area contributed by atoms with Gasteiger partial charge in [-0.05, 0) is 49.8 Å². The number of amides is 2. The number of aryl methyl sites for hydroxylation is 1. The van der Waals surface area contributed by atoms with E-state index < -0.39 is 17.8 Å². The first kappa shape index (κ1) is 19.4. The number of aliphatic carboxylic acids is 1. The van der Waals surface area contributed by atoms with Crippen molar-refractivity contribution in [2.75, 3.05) is 5.32 Å². The molecule has 2 aromatic heterocycles. The van der Waals surface area contributed by atoms with Gasteiger partial charge in [0.1, 0.15) is 10.8 Å². The molecule has 0 saturated heterocycles. The van der Waals surface area contributed by atoms with Crippen molar-refractivity contribution < 1.29 is 23.9 Å². The SMILES string of the molecule is O=C(NCc1ccco1)c1c(NC(=O)C2CC=CCC2C(=O)O)sc2c1CCC2. The van der Waals surface area contributed by atoms with Crippen LogP contribution in [0.1, 0.15) is 45.8 Å². The molecule has 7 nitrogen and oxygen atoms in total. The van der Waals surface area contributed by atoms with Crippen LogP contribution in [0.25, 0.3) is 0 Å². The van der Waals surface area contributed by atoms with Gasteiger partial charge in [0.25, 0.3) is 5.91 Å². The van der Waals surface area contributed by atoms with Crippen LogP contribution in [-0.4, -0.2) is 22.9 Å². The summed E-state index contributed by atoms with van der Waals surface area (Å²) in [5.74, 6) is -2.32. The number of fused-ring (bicyclic) bond motifs is 1. The Morgan fingerprint density at radius 1 is 1.17 bits per heavy atom. The minimum absolute atomic E-state index is 0.255. The summed E-state index contributed by atoms with van der Waals surface area (Å²) in [7, 11) is 0. The van der Waals surface area contributed by atoms with E-state index in [2.05, 4.69) is 10.6 Å². The summed E-state index contributed by atoms with van der Waals surface area (Å²) in [6, 6.07) is 3.54. The molecule has 0 fully saturated rings. The van der Waals surface area contributed by atoms with E-state index in [-0.39, 0.29) is 18.4 Å². The monoisotopic (exact) mass is 414 g/mol. The fourth-order valence-electron chi connectivity index (χ4n) is 3.98. The third-order valence-electron chi connectivity index (χ3n) is 5.47. The van der Waals surface area contributed by atoms with E-state index in [0.29, 0.717) is 29.2 Å². The van der Waals surface area contributed by atoms with Gasteiger partial charge in [0.2, 0.25) is 5.91 Å². The zero-order valence-corrected chi connectivity index (χ0v) is 16.6. The van der Waals surface area contributed by atoms with Gasteiger partial charge in [-0.1, -0.05) is 12.2 Å². The number of carbonyl (C=O) groups excluding carboxylic acids is 2. The molecule has 4 rings (SSSR count). The minimum Gasteiger partial charge on any atom is -0.481 e. The van der Waals surface area contributed by atoms with Crippen LogP contribution in [0.4, 0.5) is 5.00 Å². The van der Waals surface area contributed by atoms with Crippen LogP contribution in [0, 0.1) is 11.8 Å². The van der Waals surface area contributed by atoms with Crippen LogP contribution in [0.2, 0.25) is 0 Å². The Hall–Kier alpha value is -2.87. The van der Waals surface area contributed by atoms with Crippen molar-refractivity contribution in [3.63, 3.8) is 0 Å². The molecule has 2 heterocycles. The normalized spacial score (nSPS) is 20.3. The molecule has 2 aromatic rings. The van der Waals surface area contributed by atoms with Crippen molar-refractivity contribution in [3.8, 4) is 0 Å². The highest BCUT2D eigenvalue weighted by Gasteiger charge is 2.35.